The summed E-state index contributed by atoms with van der Waals surface area (Å²) in [6, 6.07) is 0.801. The molecule has 22 heteroatoms. The van der Waals surface area contributed by atoms with Crippen LogP contribution in [0.1, 0.15) is 119 Å². The number of hydrogen-bond donors (Lipinski definition) is 2. The number of carbonyl (C=O) groups is 2. The Labute approximate surface area is 331 Å². The van der Waals surface area contributed by atoms with Gasteiger partial charge in [-0.3, -0.25) is 0 Å². The molecule has 310 valence electrons. The fourth-order valence-electron chi connectivity index (χ4n) is 5.68. The van der Waals surface area contributed by atoms with Gasteiger partial charge in [-0.2, -0.15) is 0 Å². The summed E-state index contributed by atoms with van der Waals surface area (Å²) in [6.45, 7) is 16.4. The van der Waals surface area contributed by atoms with Crippen molar-refractivity contribution in [2.24, 2.45) is 0 Å². The van der Waals surface area contributed by atoms with Crippen LogP contribution in [0, 0.1) is 0 Å². The lowest BCUT2D eigenvalue weighted by molar-refractivity contribution is 0.0698. The van der Waals surface area contributed by atoms with Gasteiger partial charge in [0.1, 0.15) is 0 Å². The predicted molar refractivity (Wildman–Crippen MR) is 211 cm³/mol. The van der Waals surface area contributed by atoms with Crippen LogP contribution in [0.15, 0.2) is 10.3 Å². The molecule has 0 unspecified atom stereocenters. The number of aromatic nitrogens is 8. The van der Waals surface area contributed by atoms with Crippen LogP contribution in [-0.4, -0.2) is 123 Å². The maximum absolute atomic E-state index is 12.8. The molecular formula is C32H64N10O8S2Si2. The topological polar surface area (TPSA) is 201 Å². The molecule has 0 aliphatic carbocycles. The second-order valence-corrected chi connectivity index (χ2v) is 19.6. The third-order valence-electron chi connectivity index (χ3n) is 8.01. The molecule has 2 aromatic heterocycles. The minimum atomic E-state index is -2.58. The molecule has 0 saturated heterocycles. The summed E-state index contributed by atoms with van der Waals surface area (Å²) in [5.41, 5.74) is 0. The average Bonchev–Trinajstić information content (AvgIpc) is 3.83. The van der Waals surface area contributed by atoms with E-state index in [0.29, 0.717) is 52.7 Å². The van der Waals surface area contributed by atoms with Gasteiger partial charge in [0.2, 0.25) is 10.3 Å². The van der Waals surface area contributed by atoms with Crippen molar-refractivity contribution in [2.75, 3.05) is 52.7 Å². The van der Waals surface area contributed by atoms with E-state index in [1.807, 2.05) is 41.5 Å². The van der Waals surface area contributed by atoms with Crippen LogP contribution in [0.3, 0.4) is 0 Å². The molecule has 54 heavy (non-hydrogen) atoms. The molecule has 0 fully saturated rings. The summed E-state index contributed by atoms with van der Waals surface area (Å²) in [5.74, 6) is 0. The van der Waals surface area contributed by atoms with E-state index < -0.39 is 29.7 Å². The highest BCUT2D eigenvalue weighted by Gasteiger charge is 2.40. The van der Waals surface area contributed by atoms with Gasteiger partial charge in [-0.15, -0.1) is 19.6 Å². The van der Waals surface area contributed by atoms with Crippen LogP contribution in [0.25, 0.3) is 0 Å². The third kappa shape index (κ3) is 18.3. The van der Waals surface area contributed by atoms with Crippen molar-refractivity contribution >= 4 is 51.3 Å². The van der Waals surface area contributed by atoms with E-state index in [0.717, 1.165) is 120 Å². The zero-order valence-electron chi connectivity index (χ0n) is 33.2. The van der Waals surface area contributed by atoms with Crippen molar-refractivity contribution in [1.82, 2.24) is 51.0 Å². The molecule has 2 N–H and O–H groups in total. The Balaban J connectivity index is 1.63. The summed E-state index contributed by atoms with van der Waals surface area (Å²) in [5, 5.41) is 29.0. The molecule has 0 aromatic carbocycles. The maximum Gasteiger partial charge on any atom is 0.500 e. The normalized spacial score (nSPS) is 12.0. The van der Waals surface area contributed by atoms with Gasteiger partial charge in [-0.05, 0) is 110 Å². The fourth-order valence-corrected chi connectivity index (χ4v) is 12.8. The zero-order chi connectivity index (χ0) is 39.3. The lowest BCUT2D eigenvalue weighted by atomic mass is 10.1. The van der Waals surface area contributed by atoms with E-state index in [9.17, 15) is 9.59 Å². The molecule has 2 amide bonds. The van der Waals surface area contributed by atoms with Gasteiger partial charge in [0, 0.05) is 64.8 Å². The largest absolute Gasteiger partial charge is 0.500 e. The number of nitrogens with one attached hydrogen (secondary N) is 2. The molecule has 18 nitrogen and oxygen atoms in total. The first-order chi connectivity index (χ1) is 26.3. The minimum absolute atomic E-state index is 0.236. The highest BCUT2D eigenvalue weighted by Crippen LogP contribution is 2.34. The number of rotatable bonds is 33. The van der Waals surface area contributed by atoms with Crippen molar-refractivity contribution in [2.45, 2.75) is 141 Å². The second kappa shape index (κ2) is 29.2. The monoisotopic (exact) mass is 836 g/mol. The minimum Gasteiger partial charge on any atom is -0.374 e. The van der Waals surface area contributed by atoms with Gasteiger partial charge in [0.05, 0.1) is 0 Å². The summed E-state index contributed by atoms with van der Waals surface area (Å²) >= 11 is 0. The first kappa shape index (κ1) is 48.1. The van der Waals surface area contributed by atoms with Crippen LogP contribution in [0.5, 0.6) is 0 Å². The molecule has 0 radical (unpaired) electrons. The van der Waals surface area contributed by atoms with E-state index in [1.165, 1.54) is 0 Å². The quantitative estimate of drug-likeness (QED) is 0.0348. The van der Waals surface area contributed by atoms with E-state index >= 15 is 0 Å². The molecule has 0 aliphatic rings. The van der Waals surface area contributed by atoms with Gasteiger partial charge in [-0.25, -0.2) is 9.59 Å². The Morgan fingerprint density at radius 2 is 0.796 bits per heavy atom. The molecule has 0 bridgehead atoms. The number of unbranched alkanes of at least 4 members (excludes halogenated alkanes) is 10. The van der Waals surface area contributed by atoms with Crippen LogP contribution in [0.2, 0.25) is 12.1 Å². The van der Waals surface area contributed by atoms with Gasteiger partial charge >= 0.3 is 29.7 Å². The predicted octanol–water partition coefficient (Wildman–Crippen LogP) is 6.35. The molecule has 2 heterocycles. The highest BCUT2D eigenvalue weighted by atomic mass is 33.1. The van der Waals surface area contributed by atoms with E-state index in [1.54, 1.807) is 0 Å². The Morgan fingerprint density at radius 1 is 0.500 bits per heavy atom. The van der Waals surface area contributed by atoms with E-state index in [-0.39, 0.29) is 10.3 Å². The van der Waals surface area contributed by atoms with Crippen molar-refractivity contribution < 1.29 is 36.1 Å². The van der Waals surface area contributed by atoms with Crippen LogP contribution in [0.4, 0.5) is 9.59 Å². The first-order valence-corrected chi connectivity index (χ1v) is 25.7. The van der Waals surface area contributed by atoms with Crippen LogP contribution >= 0.6 is 21.6 Å². The third-order valence-corrected chi connectivity index (χ3v) is 16.4. The lowest BCUT2D eigenvalue weighted by Gasteiger charge is -2.28. The first-order valence-electron chi connectivity index (χ1n) is 19.6. The van der Waals surface area contributed by atoms with E-state index in [2.05, 4.69) is 41.7 Å². The Hall–Kier alpha value is -2.03. The Kier molecular flexibility index (Phi) is 26.1. The standard InChI is InChI=1S/C32H64N10O8S2Si2/c1-7-45-53(46-8-2,47-9-3)27-23-19-15-13-17-21-25-33-29(43)41-31(35-37-39-41)51-52-32-36-38-40-42(32)30(44)34-26-22-18-14-16-20-24-28-54(48-10-4,49-11-5)50-12-6/h7-28H2,1-6H3,(H,33,43)(H,34,44). The van der Waals surface area contributed by atoms with Crippen LogP contribution in [-0.2, 0) is 26.6 Å². The van der Waals surface area contributed by atoms with Gasteiger partial charge in [-0.1, -0.05) is 51.4 Å². The smallest absolute Gasteiger partial charge is 0.374 e. The molecule has 0 saturated carbocycles. The van der Waals surface area contributed by atoms with Crippen molar-refractivity contribution in [3.63, 3.8) is 0 Å². The van der Waals surface area contributed by atoms with Crippen molar-refractivity contribution in [3.8, 4) is 0 Å². The highest BCUT2D eigenvalue weighted by molar-refractivity contribution is 8.76. The number of nitrogens with zero attached hydrogens (tertiary/aromatic N) is 8. The summed E-state index contributed by atoms with van der Waals surface area (Å²) in [7, 11) is -2.99. The Morgan fingerprint density at radius 3 is 1.11 bits per heavy atom. The lowest BCUT2D eigenvalue weighted by Crippen LogP contribution is -2.45. The maximum atomic E-state index is 12.8. The van der Waals surface area contributed by atoms with Crippen molar-refractivity contribution in [3.05, 3.63) is 0 Å². The summed E-state index contributed by atoms with van der Waals surface area (Å²) in [4.78, 5) is 25.6. The summed E-state index contributed by atoms with van der Waals surface area (Å²) < 4.78 is 37.8. The zero-order valence-corrected chi connectivity index (χ0v) is 36.8. The second-order valence-electron chi connectivity index (χ2n) is 12.1. The number of tetrazole rings is 2. The summed E-state index contributed by atoms with van der Waals surface area (Å²) in [6.07, 6.45) is 12.1. The fraction of sp³-hybridized carbons (Fsp3) is 0.875. The SMILES string of the molecule is CCO[Si](CCCCCCCCNC(=O)n1nnnc1SSc1nnnn1C(=O)NCCCCCCCC[Si](OCC)(OCC)OCC)(OCC)OCC. The van der Waals surface area contributed by atoms with E-state index in [4.69, 9.17) is 26.6 Å². The molecule has 0 atom stereocenters. The van der Waals surface area contributed by atoms with Gasteiger partial charge in [0.25, 0.3) is 0 Å². The van der Waals surface area contributed by atoms with Crippen LogP contribution < -0.4 is 10.6 Å². The molecule has 2 rings (SSSR count). The Bertz CT molecular complexity index is 1160. The van der Waals surface area contributed by atoms with Gasteiger partial charge in [0.15, 0.2) is 0 Å². The van der Waals surface area contributed by atoms with Gasteiger partial charge < -0.3 is 37.2 Å². The molecule has 0 aliphatic heterocycles. The average molecular weight is 837 g/mol. The number of amides is 2. The molecule has 0 spiro atoms. The molecule has 2 aromatic rings. The van der Waals surface area contributed by atoms with Crippen molar-refractivity contribution in [1.29, 1.82) is 0 Å². The number of carbonyl (C=O) groups excluding carboxylic acids is 2. The molecular weight excluding hydrogens is 773 g/mol. The number of hydrogen-bond acceptors (Lipinski definition) is 16.